The van der Waals surface area contributed by atoms with E-state index in [4.69, 9.17) is 0 Å². The zero-order valence-electron chi connectivity index (χ0n) is 38.8. The van der Waals surface area contributed by atoms with Crippen LogP contribution in [0.3, 0.4) is 0 Å². The Morgan fingerprint density at radius 1 is 0.365 bits per heavy atom. The lowest BCUT2D eigenvalue weighted by Gasteiger charge is -2.35. The SMILES string of the molecule is CC(C)(C)c1ccc(C(C)(C)C)c(N2C(=O)c3ccc4c5ccc6c7c(cc(N8CCCC8)c(c8ccc(c3c48)C2=O)c75)C(=O)N(c2cc(C(C)(C)C)ccc2C(C)(C)C)C6=O)c1. The minimum absolute atomic E-state index is 0.201. The third-order valence-electron chi connectivity index (χ3n) is 14.0. The van der Waals surface area contributed by atoms with Crippen LogP contribution in [0.4, 0.5) is 17.1 Å². The molecular formula is C56H57N3O4. The Kier molecular flexibility index (Phi) is 8.60. The molecule has 7 heteroatoms. The van der Waals surface area contributed by atoms with Gasteiger partial charge in [-0.05, 0) is 115 Å². The molecule has 320 valence electrons. The summed E-state index contributed by atoms with van der Waals surface area (Å²) >= 11 is 0. The molecule has 63 heavy (non-hydrogen) atoms. The van der Waals surface area contributed by atoms with Crippen molar-refractivity contribution in [2.75, 3.05) is 27.8 Å². The van der Waals surface area contributed by atoms with Gasteiger partial charge in [-0.1, -0.05) is 126 Å². The second-order valence-electron chi connectivity index (χ2n) is 22.3. The van der Waals surface area contributed by atoms with Crippen LogP contribution in [0, 0.1) is 0 Å². The molecule has 0 N–H and O–H groups in total. The van der Waals surface area contributed by atoms with Gasteiger partial charge in [0.1, 0.15) is 0 Å². The van der Waals surface area contributed by atoms with Crippen LogP contribution in [0.25, 0.3) is 43.1 Å². The molecule has 0 bridgehead atoms. The van der Waals surface area contributed by atoms with Gasteiger partial charge in [0, 0.05) is 57.0 Å². The van der Waals surface area contributed by atoms with Crippen molar-refractivity contribution in [3.05, 3.63) is 123 Å². The molecule has 7 aromatic carbocycles. The Morgan fingerprint density at radius 2 is 0.762 bits per heavy atom. The largest absolute Gasteiger partial charge is 0.371 e. The summed E-state index contributed by atoms with van der Waals surface area (Å²) in [7, 11) is 0. The van der Waals surface area contributed by atoms with E-state index in [1.807, 2.05) is 54.6 Å². The molecule has 3 aliphatic rings. The first-order valence-corrected chi connectivity index (χ1v) is 22.5. The quantitative estimate of drug-likeness (QED) is 0.101. The zero-order valence-corrected chi connectivity index (χ0v) is 38.8. The predicted molar refractivity (Wildman–Crippen MR) is 259 cm³/mol. The van der Waals surface area contributed by atoms with E-state index in [-0.39, 0.29) is 45.3 Å². The highest BCUT2D eigenvalue weighted by molar-refractivity contribution is 6.46. The summed E-state index contributed by atoms with van der Waals surface area (Å²) < 4.78 is 0. The fourth-order valence-electron chi connectivity index (χ4n) is 10.6. The second kappa shape index (κ2) is 13.2. The smallest absolute Gasteiger partial charge is 0.266 e. The number of benzene rings is 7. The second-order valence-corrected chi connectivity index (χ2v) is 22.3. The van der Waals surface area contributed by atoms with Gasteiger partial charge in [-0.2, -0.15) is 0 Å². The van der Waals surface area contributed by atoms with Gasteiger partial charge < -0.3 is 4.90 Å². The van der Waals surface area contributed by atoms with Crippen LogP contribution >= 0.6 is 0 Å². The number of carbonyl (C=O) groups excluding carboxylic acids is 4. The van der Waals surface area contributed by atoms with Crippen molar-refractivity contribution in [3.8, 4) is 0 Å². The predicted octanol–water partition coefficient (Wildman–Crippen LogP) is 13.1. The van der Waals surface area contributed by atoms with Gasteiger partial charge in [-0.25, -0.2) is 9.80 Å². The molecule has 7 aromatic rings. The molecular weight excluding hydrogens is 779 g/mol. The molecule has 0 radical (unpaired) electrons. The number of hydrogen-bond acceptors (Lipinski definition) is 5. The topological polar surface area (TPSA) is 78.0 Å². The number of fused-ring (bicyclic) bond motifs is 2. The first-order chi connectivity index (χ1) is 29.5. The van der Waals surface area contributed by atoms with Gasteiger partial charge in [0.25, 0.3) is 23.6 Å². The lowest BCUT2D eigenvalue weighted by Crippen LogP contribution is -2.42. The minimum atomic E-state index is -0.343. The van der Waals surface area contributed by atoms with Gasteiger partial charge in [0.05, 0.1) is 16.9 Å². The van der Waals surface area contributed by atoms with E-state index >= 15 is 19.2 Å². The third-order valence-corrected chi connectivity index (χ3v) is 14.0. The Morgan fingerprint density at radius 3 is 1.19 bits per heavy atom. The van der Waals surface area contributed by atoms with Crippen molar-refractivity contribution in [2.45, 2.75) is 118 Å². The summed E-state index contributed by atoms with van der Waals surface area (Å²) in [5, 5.41) is 6.64. The van der Waals surface area contributed by atoms with Gasteiger partial charge in [-0.15, -0.1) is 0 Å². The lowest BCUT2D eigenvalue weighted by molar-refractivity contribution is 0.0877. The molecule has 0 atom stereocenters. The number of nitrogens with zero attached hydrogens (tertiary/aromatic N) is 3. The van der Waals surface area contributed by atoms with Crippen molar-refractivity contribution in [1.29, 1.82) is 0 Å². The molecule has 3 heterocycles. The van der Waals surface area contributed by atoms with Crippen LogP contribution in [-0.2, 0) is 21.7 Å². The van der Waals surface area contributed by atoms with Crippen molar-refractivity contribution in [2.24, 2.45) is 0 Å². The number of anilines is 3. The van der Waals surface area contributed by atoms with Crippen LogP contribution in [0.15, 0.2) is 78.9 Å². The number of amides is 4. The summed E-state index contributed by atoms with van der Waals surface area (Å²) in [5.41, 5.74) is 7.00. The highest BCUT2D eigenvalue weighted by Gasteiger charge is 2.42. The van der Waals surface area contributed by atoms with E-state index in [0.29, 0.717) is 44.4 Å². The molecule has 3 aliphatic heterocycles. The van der Waals surface area contributed by atoms with Gasteiger partial charge in [0.2, 0.25) is 0 Å². The van der Waals surface area contributed by atoms with Crippen molar-refractivity contribution in [1.82, 2.24) is 0 Å². The number of carbonyl (C=O) groups is 4. The molecule has 10 rings (SSSR count). The van der Waals surface area contributed by atoms with Crippen molar-refractivity contribution >= 4 is 83.8 Å². The fraction of sp³-hybridized carbons (Fsp3) is 0.357. The maximum absolute atomic E-state index is 15.3. The first kappa shape index (κ1) is 41.0. The third kappa shape index (κ3) is 5.91. The average Bonchev–Trinajstić information content (AvgIpc) is 3.75. The van der Waals surface area contributed by atoms with E-state index in [1.54, 1.807) is 0 Å². The van der Waals surface area contributed by atoms with Crippen LogP contribution in [-0.4, -0.2) is 36.7 Å². The van der Waals surface area contributed by atoms with Gasteiger partial charge in [0.15, 0.2) is 0 Å². The monoisotopic (exact) mass is 835 g/mol. The Balaban J connectivity index is 1.24. The lowest BCUT2D eigenvalue weighted by atomic mass is 9.79. The summed E-state index contributed by atoms with van der Waals surface area (Å²) in [4.78, 5) is 65.7. The highest BCUT2D eigenvalue weighted by atomic mass is 16.2. The van der Waals surface area contributed by atoms with Crippen molar-refractivity contribution < 1.29 is 19.2 Å². The van der Waals surface area contributed by atoms with Crippen molar-refractivity contribution in [3.63, 3.8) is 0 Å². The number of imide groups is 2. The average molecular weight is 836 g/mol. The van der Waals surface area contributed by atoms with E-state index in [0.717, 1.165) is 86.2 Å². The van der Waals surface area contributed by atoms with E-state index in [1.165, 1.54) is 9.80 Å². The standard InChI is InChI=1S/C56H57N3O4/c1-53(2,3)30-15-23-39(55(7,8)9)41(27-30)58-49(60)35-20-17-32-33-18-21-37-46-38(52(63)59(51(37)62)42-28-31(54(4,5)6)16-24-40(42)56(10,11)12)29-43(57-25-13-14-26-57)47(48(33)46)34-19-22-36(50(58)61)45(35)44(32)34/h15-24,27-29H,13-14,25-26H2,1-12H3. The fourth-order valence-corrected chi connectivity index (χ4v) is 10.6. The summed E-state index contributed by atoms with van der Waals surface area (Å²) in [5.74, 6) is -1.35. The highest BCUT2D eigenvalue weighted by Crippen LogP contribution is 2.51. The Labute approximate surface area is 370 Å². The minimum Gasteiger partial charge on any atom is -0.371 e. The normalized spacial score (nSPS) is 16.3. The van der Waals surface area contributed by atoms with Gasteiger partial charge >= 0.3 is 0 Å². The Bertz CT molecular complexity index is 3170. The summed E-state index contributed by atoms with van der Waals surface area (Å²) in [6, 6.07) is 26.2. The summed E-state index contributed by atoms with van der Waals surface area (Å²) in [6.07, 6.45) is 2.04. The van der Waals surface area contributed by atoms with Crippen LogP contribution in [0.1, 0.15) is 160 Å². The Hall–Kier alpha value is -6.08. The zero-order chi connectivity index (χ0) is 45.0. The van der Waals surface area contributed by atoms with E-state index in [2.05, 4.69) is 112 Å². The first-order valence-electron chi connectivity index (χ1n) is 22.5. The molecule has 0 unspecified atom stereocenters. The van der Waals surface area contributed by atoms with Crippen LogP contribution in [0.2, 0.25) is 0 Å². The van der Waals surface area contributed by atoms with Crippen LogP contribution < -0.4 is 14.7 Å². The molecule has 4 amide bonds. The molecule has 7 nitrogen and oxygen atoms in total. The van der Waals surface area contributed by atoms with Gasteiger partial charge in [-0.3, -0.25) is 19.2 Å². The molecule has 0 saturated carbocycles. The van der Waals surface area contributed by atoms with E-state index < -0.39 is 0 Å². The number of hydrogen-bond donors (Lipinski definition) is 0. The molecule has 0 aliphatic carbocycles. The maximum Gasteiger partial charge on any atom is 0.266 e. The molecule has 0 spiro atoms. The number of rotatable bonds is 3. The van der Waals surface area contributed by atoms with E-state index in [9.17, 15) is 0 Å². The maximum atomic E-state index is 15.3. The summed E-state index contributed by atoms with van der Waals surface area (Å²) in [6.45, 7) is 27.2. The molecule has 1 saturated heterocycles. The molecule has 1 fully saturated rings. The molecule has 0 aromatic heterocycles. The van der Waals surface area contributed by atoms with Crippen LogP contribution in [0.5, 0.6) is 0 Å².